The summed E-state index contributed by atoms with van der Waals surface area (Å²) < 4.78 is 0. The lowest BCUT2D eigenvalue weighted by Gasteiger charge is -2.12. The fourth-order valence-corrected chi connectivity index (χ4v) is 3.16. The molecule has 1 atom stereocenters. The fraction of sp³-hybridized carbons (Fsp3) is 0.391. The Hall–Kier alpha value is -2.86. The maximum Gasteiger partial charge on any atom is 0.228 e. The molecule has 2 heterocycles. The van der Waals surface area contributed by atoms with Gasteiger partial charge in [-0.15, -0.1) is 0 Å². The molecule has 2 N–H and O–H groups in total. The number of allylic oxidation sites excluding steroid dienone is 2. The number of aromatic nitrogens is 2. The van der Waals surface area contributed by atoms with Crippen molar-refractivity contribution in [3.63, 3.8) is 0 Å². The van der Waals surface area contributed by atoms with Gasteiger partial charge in [-0.25, -0.2) is 4.98 Å². The number of hydrogen-bond donors (Lipinski definition) is 2. The smallest absolute Gasteiger partial charge is 0.228 e. The van der Waals surface area contributed by atoms with Gasteiger partial charge in [0.05, 0.1) is 17.5 Å². The van der Waals surface area contributed by atoms with Crippen LogP contribution in [0.3, 0.4) is 0 Å². The normalized spacial score (nSPS) is 16.0. The zero-order valence-electron chi connectivity index (χ0n) is 17.3. The quantitative estimate of drug-likeness (QED) is 0.647. The van der Waals surface area contributed by atoms with Crippen LogP contribution in [0.2, 0.25) is 0 Å². The molecule has 3 rings (SSSR count). The van der Waals surface area contributed by atoms with E-state index in [4.69, 9.17) is 0 Å². The molecule has 0 spiro atoms. The van der Waals surface area contributed by atoms with Crippen molar-refractivity contribution in [2.24, 2.45) is 10.9 Å². The van der Waals surface area contributed by atoms with Crippen LogP contribution in [0.5, 0.6) is 0 Å². The van der Waals surface area contributed by atoms with Crippen molar-refractivity contribution in [2.75, 3.05) is 5.32 Å². The van der Waals surface area contributed by atoms with Gasteiger partial charge in [-0.2, -0.15) is 0 Å². The van der Waals surface area contributed by atoms with Gasteiger partial charge in [-0.1, -0.05) is 26.0 Å². The zero-order chi connectivity index (χ0) is 21.0. The molecule has 1 aliphatic carbocycles. The number of nitrogens with zero attached hydrogens (tertiary/aromatic N) is 3. The lowest BCUT2D eigenvalue weighted by atomic mass is 10.0. The van der Waals surface area contributed by atoms with E-state index in [1.165, 1.54) is 0 Å². The van der Waals surface area contributed by atoms with Gasteiger partial charge < -0.3 is 10.4 Å². The van der Waals surface area contributed by atoms with Crippen LogP contribution in [0.1, 0.15) is 52.1 Å². The Bertz CT molecular complexity index is 990. The molecule has 1 saturated carbocycles. The summed E-state index contributed by atoms with van der Waals surface area (Å²) in [6.45, 7) is 9.73. The molecule has 1 unspecified atom stereocenters. The predicted octanol–water partition coefficient (Wildman–Crippen LogP) is 4.52. The van der Waals surface area contributed by atoms with Crippen LogP contribution in [0.4, 0.5) is 5.82 Å². The van der Waals surface area contributed by atoms with Crippen LogP contribution in [0.25, 0.3) is 16.3 Å². The summed E-state index contributed by atoms with van der Waals surface area (Å²) in [4.78, 5) is 25.4. The number of anilines is 1. The van der Waals surface area contributed by atoms with E-state index < -0.39 is 6.10 Å². The highest BCUT2D eigenvalue weighted by Crippen LogP contribution is 2.30. The molecule has 29 heavy (non-hydrogen) atoms. The molecular formula is C23H28N4O2. The van der Waals surface area contributed by atoms with Gasteiger partial charge in [-0.3, -0.25) is 14.8 Å². The van der Waals surface area contributed by atoms with Crippen LogP contribution in [-0.4, -0.2) is 32.8 Å². The van der Waals surface area contributed by atoms with Crippen LogP contribution in [0, 0.1) is 5.92 Å². The van der Waals surface area contributed by atoms with Crippen molar-refractivity contribution >= 4 is 33.8 Å². The first-order valence-electron chi connectivity index (χ1n) is 10.1. The molecule has 0 saturated heterocycles. The van der Waals surface area contributed by atoms with Gasteiger partial charge in [0.2, 0.25) is 5.91 Å². The molecule has 152 valence electrons. The first-order valence-corrected chi connectivity index (χ1v) is 10.1. The number of carbonyl (C=O) groups excluding carboxylic acids is 1. The van der Waals surface area contributed by atoms with Crippen molar-refractivity contribution in [1.82, 2.24) is 9.97 Å². The van der Waals surface area contributed by atoms with Gasteiger partial charge >= 0.3 is 0 Å². The summed E-state index contributed by atoms with van der Waals surface area (Å²) in [5, 5.41) is 14.8. The maximum absolute atomic E-state index is 11.9. The highest BCUT2D eigenvalue weighted by Gasteiger charge is 2.29. The molecule has 2 aromatic heterocycles. The van der Waals surface area contributed by atoms with Crippen LogP contribution < -0.4 is 5.32 Å². The third-order valence-electron chi connectivity index (χ3n) is 5.02. The summed E-state index contributed by atoms with van der Waals surface area (Å²) >= 11 is 0. The summed E-state index contributed by atoms with van der Waals surface area (Å²) in [6.07, 6.45) is 8.26. The van der Waals surface area contributed by atoms with E-state index in [1.54, 1.807) is 12.4 Å². The molecule has 6 nitrogen and oxygen atoms in total. The van der Waals surface area contributed by atoms with Crippen molar-refractivity contribution in [3.05, 3.63) is 48.6 Å². The third kappa shape index (κ3) is 5.15. The molecule has 0 aromatic carbocycles. The SMILES string of the molecule is C=C(N=C(C)/C(=C\C)c1cc2cnc(NC(=O)C3CC3)cc2cn1)C(O)CCC. The van der Waals surface area contributed by atoms with E-state index in [0.717, 1.165) is 47.0 Å². The molecule has 1 fully saturated rings. The van der Waals surface area contributed by atoms with Crippen LogP contribution in [0.15, 0.2) is 47.9 Å². The number of rotatable bonds is 8. The average molecular weight is 393 g/mol. The number of hydrogen-bond acceptors (Lipinski definition) is 5. The molecule has 6 heteroatoms. The van der Waals surface area contributed by atoms with E-state index in [9.17, 15) is 9.90 Å². The Morgan fingerprint density at radius 2 is 2.03 bits per heavy atom. The van der Waals surface area contributed by atoms with Crippen molar-refractivity contribution < 1.29 is 9.90 Å². The largest absolute Gasteiger partial charge is 0.387 e. The van der Waals surface area contributed by atoms with Crippen molar-refractivity contribution in [3.8, 4) is 0 Å². The Labute approximate surface area is 171 Å². The highest BCUT2D eigenvalue weighted by molar-refractivity contribution is 6.22. The molecule has 1 amide bonds. The number of aliphatic hydroxyl groups is 1. The molecule has 1 aliphatic rings. The molecule has 0 radical (unpaired) electrons. The van der Waals surface area contributed by atoms with Gasteiger partial charge in [-0.05, 0) is 45.2 Å². The number of aliphatic imine (C=N–C) groups is 1. The number of fused-ring (bicyclic) bond motifs is 1. The van der Waals surface area contributed by atoms with Crippen molar-refractivity contribution in [2.45, 2.75) is 52.6 Å². The van der Waals surface area contributed by atoms with Gasteiger partial charge in [0.15, 0.2) is 0 Å². The van der Waals surface area contributed by atoms with Crippen LogP contribution >= 0.6 is 0 Å². The lowest BCUT2D eigenvalue weighted by Crippen LogP contribution is -2.14. The molecular weight excluding hydrogens is 364 g/mol. The average Bonchev–Trinajstić information content (AvgIpc) is 3.54. The summed E-state index contributed by atoms with van der Waals surface area (Å²) in [5.41, 5.74) is 2.86. The monoisotopic (exact) mass is 392 g/mol. The second-order valence-corrected chi connectivity index (χ2v) is 7.45. The fourth-order valence-electron chi connectivity index (χ4n) is 3.16. The molecule has 0 aliphatic heterocycles. The molecule has 0 bridgehead atoms. The van der Waals surface area contributed by atoms with Gasteiger partial charge in [0, 0.05) is 40.4 Å². The van der Waals surface area contributed by atoms with Crippen molar-refractivity contribution in [1.29, 1.82) is 0 Å². The minimum Gasteiger partial charge on any atom is -0.387 e. The number of nitrogens with one attached hydrogen (secondary N) is 1. The number of amides is 1. The summed E-state index contributed by atoms with van der Waals surface area (Å²) in [5.74, 6) is 0.724. The Morgan fingerprint density at radius 3 is 2.69 bits per heavy atom. The van der Waals surface area contributed by atoms with Gasteiger partial charge in [0.25, 0.3) is 0 Å². The van der Waals surface area contributed by atoms with E-state index in [1.807, 2.05) is 39.0 Å². The van der Waals surface area contributed by atoms with E-state index in [0.29, 0.717) is 17.9 Å². The minimum absolute atomic E-state index is 0.0370. The van der Waals surface area contributed by atoms with E-state index in [2.05, 4.69) is 26.9 Å². The second-order valence-electron chi connectivity index (χ2n) is 7.45. The Balaban J connectivity index is 1.82. The predicted molar refractivity (Wildman–Crippen MR) is 118 cm³/mol. The van der Waals surface area contributed by atoms with Crippen LogP contribution in [-0.2, 0) is 4.79 Å². The summed E-state index contributed by atoms with van der Waals surface area (Å²) in [7, 11) is 0. The topological polar surface area (TPSA) is 87.5 Å². The third-order valence-corrected chi connectivity index (χ3v) is 5.02. The highest BCUT2D eigenvalue weighted by atomic mass is 16.3. The number of pyridine rings is 2. The zero-order valence-corrected chi connectivity index (χ0v) is 17.3. The second kappa shape index (κ2) is 9.09. The first-order chi connectivity index (χ1) is 13.9. The first kappa shape index (κ1) is 20.9. The lowest BCUT2D eigenvalue weighted by molar-refractivity contribution is -0.117. The minimum atomic E-state index is -0.633. The summed E-state index contributed by atoms with van der Waals surface area (Å²) in [6, 6.07) is 3.79. The van der Waals surface area contributed by atoms with E-state index in [-0.39, 0.29) is 11.8 Å². The molecule has 2 aromatic rings. The standard InChI is InChI=1S/C23H28N4O2/c1-5-7-21(28)15(4)26-14(3)19(6-2)20-10-17-13-25-22(11-18(17)12-24-20)27-23(29)16-8-9-16/h6,10-13,16,21,28H,4-5,7-9H2,1-3H3,(H,25,27,29)/b19-6+,26-14?. The Morgan fingerprint density at radius 1 is 1.34 bits per heavy atom. The number of carbonyl (C=O) groups is 1. The number of aliphatic hydroxyl groups excluding tert-OH is 1. The Kier molecular flexibility index (Phi) is 6.54. The van der Waals surface area contributed by atoms with Gasteiger partial charge in [0.1, 0.15) is 5.82 Å². The van der Waals surface area contributed by atoms with E-state index >= 15 is 0 Å². The maximum atomic E-state index is 11.9.